The second-order valence-electron chi connectivity index (χ2n) is 10.5. The van der Waals surface area contributed by atoms with Crippen molar-refractivity contribution in [1.82, 2.24) is 14.8 Å². The topological polar surface area (TPSA) is 110 Å². The molecule has 214 valence electrons. The third kappa shape index (κ3) is 8.21. The molecule has 1 aromatic heterocycles. The number of likely N-dealkylation sites (N-methyl/N-ethyl adjacent to an activating group) is 1. The highest BCUT2D eigenvalue weighted by Gasteiger charge is 2.23. The van der Waals surface area contributed by atoms with Crippen LogP contribution in [-0.2, 0) is 40.1 Å². The Balaban J connectivity index is 1.74. The van der Waals surface area contributed by atoms with Crippen molar-refractivity contribution in [3.05, 3.63) is 75.5 Å². The van der Waals surface area contributed by atoms with E-state index in [0.717, 1.165) is 22.5 Å². The predicted octanol–water partition coefficient (Wildman–Crippen LogP) is 3.78. The van der Waals surface area contributed by atoms with Crippen LogP contribution in [0.4, 0.5) is 14.9 Å². The molecular weight excluding hydrogens is 515 g/mol. The Bertz CT molecular complexity index is 1380. The molecule has 3 rings (SSSR count). The number of aliphatic imine (C=N–C) groups is 1. The second kappa shape index (κ2) is 13.8. The maximum atomic E-state index is 14.2. The molecule has 2 aromatic rings. The second-order valence-corrected chi connectivity index (χ2v) is 10.5. The molecule has 0 spiro atoms. The van der Waals surface area contributed by atoms with Crippen LogP contribution in [0.25, 0.3) is 0 Å². The lowest BCUT2D eigenvalue weighted by Crippen LogP contribution is -2.42. The molecule has 0 fully saturated rings. The van der Waals surface area contributed by atoms with Crippen molar-refractivity contribution >= 4 is 29.2 Å². The van der Waals surface area contributed by atoms with E-state index in [1.54, 1.807) is 38.5 Å². The van der Waals surface area contributed by atoms with Crippen LogP contribution >= 0.6 is 0 Å². The number of carbonyl (C=O) groups is 3. The number of methoxy groups -OCH3 is 1. The van der Waals surface area contributed by atoms with Crippen LogP contribution in [0.5, 0.6) is 0 Å². The first kappa shape index (κ1) is 30.5. The normalized spacial score (nSPS) is 13.2. The molecule has 2 heterocycles. The van der Waals surface area contributed by atoms with Gasteiger partial charge in [-0.25, -0.2) is 9.18 Å². The van der Waals surface area contributed by atoms with Gasteiger partial charge in [0.05, 0.1) is 25.4 Å². The van der Waals surface area contributed by atoms with Gasteiger partial charge in [-0.1, -0.05) is 26.0 Å². The molecule has 0 saturated heterocycles. The highest BCUT2D eigenvalue weighted by molar-refractivity contribution is 5.94. The Hall–Kier alpha value is -4.08. The van der Waals surface area contributed by atoms with Crippen LogP contribution in [0.15, 0.2) is 52.4 Å². The van der Waals surface area contributed by atoms with Gasteiger partial charge in [-0.05, 0) is 60.6 Å². The number of allylic oxidation sites excluding steroid dienone is 1. The number of halogens is 1. The summed E-state index contributed by atoms with van der Waals surface area (Å²) in [6.07, 6.45) is 5.47. The summed E-state index contributed by atoms with van der Waals surface area (Å²) >= 11 is 0. The summed E-state index contributed by atoms with van der Waals surface area (Å²) in [6, 6.07) is 5.39. The van der Waals surface area contributed by atoms with Gasteiger partial charge in [0.1, 0.15) is 5.82 Å². The average Bonchev–Trinajstić information content (AvgIpc) is 3.29. The molecule has 0 saturated carbocycles. The van der Waals surface area contributed by atoms with E-state index >= 15 is 0 Å². The van der Waals surface area contributed by atoms with E-state index in [1.165, 1.54) is 34.8 Å². The number of hydrogen-bond acceptors (Lipinski definition) is 6. The van der Waals surface area contributed by atoms with E-state index in [4.69, 9.17) is 4.99 Å². The minimum atomic E-state index is -0.900. The molecule has 0 radical (unpaired) electrons. The van der Waals surface area contributed by atoms with Gasteiger partial charge in [0.2, 0.25) is 5.91 Å². The molecular formula is C30H37FN4O5. The molecule has 1 aliphatic rings. The molecule has 0 bridgehead atoms. The molecule has 10 heteroatoms. The summed E-state index contributed by atoms with van der Waals surface area (Å²) < 4.78 is 20.3. The number of ether oxygens (including phenoxy) is 1. The van der Waals surface area contributed by atoms with Crippen molar-refractivity contribution in [2.75, 3.05) is 21.2 Å². The first-order valence-electron chi connectivity index (χ1n) is 13.3. The van der Waals surface area contributed by atoms with Gasteiger partial charge in [-0.2, -0.15) is 0 Å². The van der Waals surface area contributed by atoms with Gasteiger partial charge in [0, 0.05) is 44.4 Å². The van der Waals surface area contributed by atoms with Gasteiger partial charge in [0.25, 0.3) is 5.56 Å². The first-order chi connectivity index (χ1) is 19.0. The van der Waals surface area contributed by atoms with E-state index in [0.29, 0.717) is 25.2 Å². The summed E-state index contributed by atoms with van der Waals surface area (Å²) in [6.45, 7) is 4.35. The lowest BCUT2D eigenvalue weighted by Gasteiger charge is -2.16. The largest absolute Gasteiger partial charge is 0.453 e. The van der Waals surface area contributed by atoms with Crippen LogP contribution in [0.2, 0.25) is 0 Å². The van der Waals surface area contributed by atoms with E-state index in [-0.39, 0.29) is 48.0 Å². The van der Waals surface area contributed by atoms with Gasteiger partial charge in [0.15, 0.2) is 5.78 Å². The van der Waals surface area contributed by atoms with Gasteiger partial charge >= 0.3 is 6.09 Å². The summed E-state index contributed by atoms with van der Waals surface area (Å²) in [4.78, 5) is 56.2. The number of rotatable bonds is 12. The van der Waals surface area contributed by atoms with Crippen molar-refractivity contribution in [2.45, 2.75) is 58.5 Å². The fourth-order valence-corrected chi connectivity index (χ4v) is 4.56. The predicted molar refractivity (Wildman–Crippen MR) is 152 cm³/mol. The number of benzene rings is 1. The molecule has 1 atom stereocenters. The van der Waals surface area contributed by atoms with Crippen LogP contribution in [0.1, 0.15) is 43.4 Å². The van der Waals surface area contributed by atoms with Gasteiger partial charge in [-0.15, -0.1) is 0 Å². The molecule has 2 amide bonds. The van der Waals surface area contributed by atoms with E-state index < -0.39 is 12.1 Å². The van der Waals surface area contributed by atoms with Crippen LogP contribution < -0.4 is 10.9 Å². The number of alkyl carbamates (subject to hydrolysis) is 1. The number of carbonyl (C=O) groups excluding carboxylic acids is 3. The third-order valence-corrected chi connectivity index (χ3v) is 6.53. The maximum absolute atomic E-state index is 14.2. The lowest BCUT2D eigenvalue weighted by atomic mass is 9.98. The highest BCUT2D eigenvalue weighted by Crippen LogP contribution is 2.33. The Morgan fingerprint density at radius 3 is 2.65 bits per heavy atom. The quantitative estimate of drug-likeness (QED) is 0.403. The Kier molecular flexibility index (Phi) is 10.5. The van der Waals surface area contributed by atoms with Crippen LogP contribution in [-0.4, -0.2) is 60.2 Å². The van der Waals surface area contributed by atoms with Crippen molar-refractivity contribution in [2.24, 2.45) is 10.9 Å². The Morgan fingerprint density at radius 2 is 1.98 bits per heavy atom. The number of nitrogens with zero attached hydrogens (tertiary/aromatic N) is 3. The van der Waals surface area contributed by atoms with Gasteiger partial charge in [-0.3, -0.25) is 19.4 Å². The number of aromatic nitrogens is 1. The molecule has 40 heavy (non-hydrogen) atoms. The number of Topliss-reactive ketones (excluding diaryl/α,β-unsaturated/α-hetero) is 1. The number of nitrogens with one attached hydrogen (secondary N) is 1. The zero-order chi connectivity index (χ0) is 29.4. The smallest absolute Gasteiger partial charge is 0.407 e. The van der Waals surface area contributed by atoms with Crippen LogP contribution in [0.3, 0.4) is 0 Å². The minimum Gasteiger partial charge on any atom is -0.453 e. The third-order valence-electron chi connectivity index (χ3n) is 6.53. The van der Waals surface area contributed by atoms with E-state index in [9.17, 15) is 23.6 Å². The van der Waals surface area contributed by atoms with E-state index in [2.05, 4.69) is 23.9 Å². The summed E-state index contributed by atoms with van der Waals surface area (Å²) in [5.41, 5.74) is 3.13. The fourth-order valence-electron chi connectivity index (χ4n) is 4.56. The van der Waals surface area contributed by atoms with Gasteiger partial charge < -0.3 is 19.5 Å². The lowest BCUT2D eigenvalue weighted by molar-refractivity contribution is -0.123. The summed E-state index contributed by atoms with van der Waals surface area (Å²) in [5.74, 6) is -0.494. The summed E-state index contributed by atoms with van der Waals surface area (Å²) in [7, 11) is 4.46. The number of amides is 2. The number of pyridine rings is 1. The molecule has 0 aliphatic carbocycles. The average molecular weight is 553 g/mol. The zero-order valence-corrected chi connectivity index (χ0v) is 23.7. The van der Waals surface area contributed by atoms with E-state index in [1.807, 2.05) is 0 Å². The highest BCUT2D eigenvalue weighted by atomic mass is 19.1. The zero-order valence-electron chi connectivity index (χ0n) is 23.7. The first-order valence-corrected chi connectivity index (χ1v) is 13.3. The Labute approximate surface area is 233 Å². The van der Waals surface area contributed by atoms with Crippen molar-refractivity contribution in [3.63, 3.8) is 0 Å². The number of fused-ring (bicyclic) bond motifs is 1. The molecule has 1 aromatic carbocycles. The van der Waals surface area contributed by atoms with Crippen LogP contribution in [0, 0.1) is 11.7 Å². The van der Waals surface area contributed by atoms with Crippen molar-refractivity contribution < 1.29 is 23.5 Å². The Morgan fingerprint density at radius 1 is 1.23 bits per heavy atom. The number of ketones is 1. The molecule has 1 aliphatic heterocycles. The SMILES string of the molecule is COC(=O)N[C@@H](CC/C=C/C(=O)N(C)C)C(=O)Cc1cccn(CC2=Nc3c(cc(F)cc3CC(C)C)C2)c1=O. The summed E-state index contributed by atoms with van der Waals surface area (Å²) in [5, 5.41) is 2.53. The minimum absolute atomic E-state index is 0.189. The molecule has 9 nitrogen and oxygen atoms in total. The monoisotopic (exact) mass is 552 g/mol. The maximum Gasteiger partial charge on any atom is 0.407 e. The van der Waals surface area contributed by atoms with Crippen molar-refractivity contribution in [1.29, 1.82) is 0 Å². The fraction of sp³-hybridized carbons (Fsp3) is 0.433. The number of hydrogen-bond donors (Lipinski definition) is 1. The molecule has 0 unspecified atom stereocenters. The standard InChI is InChI=1S/C30H37FN4O5/c1-19(2)13-21-14-23(31)15-22-16-24(32-28(21)22)18-35-12-8-9-20(29(35)38)17-26(36)25(33-30(39)40-5)10-6-7-11-27(37)34(3)4/h7-9,11-12,14-15,19,25H,6,10,13,16-18H2,1-5H3,(H,33,39)/b11-7+/t25-/m0/s1. The van der Waals surface area contributed by atoms with Crippen molar-refractivity contribution in [3.8, 4) is 0 Å². The molecule has 1 N–H and O–H groups in total.